The molecule has 5 nitrogen and oxygen atoms in total. The van der Waals surface area contributed by atoms with Gasteiger partial charge >= 0.3 is 0 Å². The van der Waals surface area contributed by atoms with Crippen LogP contribution in [0.1, 0.15) is 34.6 Å². The summed E-state index contributed by atoms with van der Waals surface area (Å²) in [4.78, 5) is 14.5. The predicted molar refractivity (Wildman–Crippen MR) is 79.7 cm³/mol. The van der Waals surface area contributed by atoms with E-state index < -0.39 is 0 Å². The number of hydrogen-bond acceptors (Lipinski definition) is 4. The van der Waals surface area contributed by atoms with Crippen LogP contribution >= 0.6 is 11.8 Å². The van der Waals surface area contributed by atoms with Gasteiger partial charge in [0.05, 0.1) is 17.3 Å². The van der Waals surface area contributed by atoms with Crippen LogP contribution in [0.25, 0.3) is 0 Å². The molecule has 1 fully saturated rings. The summed E-state index contributed by atoms with van der Waals surface area (Å²) in [6.45, 7) is 5.06. The molecule has 0 saturated carbocycles. The molecule has 0 N–H and O–H groups in total. The Morgan fingerprint density at radius 2 is 2.00 bits per heavy atom. The average Bonchev–Trinajstić information content (AvgIpc) is 2.71. The van der Waals surface area contributed by atoms with Crippen LogP contribution in [0.4, 0.5) is 0 Å². The van der Waals surface area contributed by atoms with Gasteiger partial charge in [-0.15, -0.1) is 11.8 Å². The lowest BCUT2D eigenvalue weighted by atomic mass is 9.96. The third-order valence-corrected chi connectivity index (χ3v) is 5.46. The van der Waals surface area contributed by atoms with Gasteiger partial charge in [0.25, 0.3) is 5.91 Å². The van der Waals surface area contributed by atoms with E-state index in [0.717, 1.165) is 24.2 Å². The summed E-state index contributed by atoms with van der Waals surface area (Å²) in [5.41, 5.74) is 2.38. The zero-order chi connectivity index (χ0) is 14.9. The summed E-state index contributed by atoms with van der Waals surface area (Å²) in [5, 5.41) is 13.6. The van der Waals surface area contributed by atoms with E-state index >= 15 is 0 Å². The van der Waals surface area contributed by atoms with E-state index in [0.29, 0.717) is 18.7 Å². The molecule has 0 spiro atoms. The van der Waals surface area contributed by atoms with Crippen molar-refractivity contribution in [1.82, 2.24) is 14.7 Å². The maximum Gasteiger partial charge on any atom is 0.257 e. The SMILES string of the molecule is CSC1(C#N)CCN(C(=O)c2c(C)nn(C)c2C)CC1. The number of thioether (sulfide) groups is 1. The van der Waals surface area contributed by atoms with Crippen LogP contribution in [0.15, 0.2) is 0 Å². The van der Waals surface area contributed by atoms with E-state index in [1.54, 1.807) is 16.4 Å². The van der Waals surface area contributed by atoms with Crippen molar-refractivity contribution in [3.8, 4) is 6.07 Å². The van der Waals surface area contributed by atoms with Crippen LogP contribution in [-0.2, 0) is 7.05 Å². The van der Waals surface area contributed by atoms with E-state index in [9.17, 15) is 10.1 Å². The van der Waals surface area contributed by atoms with Crippen molar-refractivity contribution in [3.63, 3.8) is 0 Å². The number of likely N-dealkylation sites (tertiary alicyclic amines) is 1. The molecule has 1 aliphatic heterocycles. The topological polar surface area (TPSA) is 61.9 Å². The Balaban J connectivity index is 2.15. The van der Waals surface area contributed by atoms with Crippen molar-refractivity contribution >= 4 is 17.7 Å². The monoisotopic (exact) mass is 292 g/mol. The fraction of sp³-hybridized carbons (Fsp3) is 0.643. The molecule has 1 aliphatic rings. The molecule has 20 heavy (non-hydrogen) atoms. The number of aryl methyl sites for hydroxylation is 2. The molecule has 0 bridgehead atoms. The highest BCUT2D eigenvalue weighted by atomic mass is 32.2. The first-order valence-corrected chi connectivity index (χ1v) is 7.92. The maximum absolute atomic E-state index is 12.6. The van der Waals surface area contributed by atoms with E-state index in [1.807, 2.05) is 32.1 Å². The Hall–Kier alpha value is -1.48. The van der Waals surface area contributed by atoms with Crippen LogP contribution in [0.5, 0.6) is 0 Å². The van der Waals surface area contributed by atoms with Crippen molar-refractivity contribution in [2.24, 2.45) is 7.05 Å². The molecule has 0 aromatic carbocycles. The number of rotatable bonds is 2. The molecular formula is C14H20N4OS. The fourth-order valence-electron chi connectivity index (χ4n) is 2.67. The predicted octanol–water partition coefficient (Wildman–Crippen LogP) is 1.90. The smallest absolute Gasteiger partial charge is 0.257 e. The van der Waals surface area contributed by atoms with Gasteiger partial charge in [0.15, 0.2) is 0 Å². The molecule has 6 heteroatoms. The van der Waals surface area contributed by atoms with Crippen molar-refractivity contribution in [1.29, 1.82) is 5.26 Å². The number of nitriles is 1. The van der Waals surface area contributed by atoms with E-state index in [4.69, 9.17) is 0 Å². The maximum atomic E-state index is 12.6. The van der Waals surface area contributed by atoms with Crippen molar-refractivity contribution in [2.75, 3.05) is 19.3 Å². The Bertz CT molecular complexity index is 564. The Morgan fingerprint density at radius 1 is 1.40 bits per heavy atom. The minimum atomic E-state index is -0.324. The summed E-state index contributed by atoms with van der Waals surface area (Å²) >= 11 is 1.60. The summed E-state index contributed by atoms with van der Waals surface area (Å²) in [7, 11) is 1.85. The lowest BCUT2D eigenvalue weighted by molar-refractivity contribution is 0.0715. The average molecular weight is 292 g/mol. The third-order valence-electron chi connectivity index (χ3n) is 4.18. The molecule has 1 amide bonds. The molecule has 1 aromatic heterocycles. The second-order valence-electron chi connectivity index (χ2n) is 5.27. The molecule has 0 radical (unpaired) electrons. The zero-order valence-corrected chi connectivity index (χ0v) is 13.3. The molecule has 2 heterocycles. The van der Waals surface area contributed by atoms with Crippen LogP contribution in [0.3, 0.4) is 0 Å². The lowest BCUT2D eigenvalue weighted by Gasteiger charge is -2.36. The number of hydrogen-bond donors (Lipinski definition) is 0. The molecule has 1 aromatic rings. The first kappa shape index (κ1) is 14.9. The molecule has 2 rings (SSSR count). The fourth-order valence-corrected chi connectivity index (χ4v) is 3.36. The lowest BCUT2D eigenvalue weighted by Crippen LogP contribution is -2.44. The largest absolute Gasteiger partial charge is 0.338 e. The van der Waals surface area contributed by atoms with Crippen molar-refractivity contribution in [2.45, 2.75) is 31.4 Å². The summed E-state index contributed by atoms with van der Waals surface area (Å²) in [5.74, 6) is 0.0424. The molecule has 0 atom stereocenters. The van der Waals surface area contributed by atoms with Gasteiger partial charge in [0.2, 0.25) is 0 Å². The van der Waals surface area contributed by atoms with Crippen LogP contribution in [-0.4, -0.2) is 44.7 Å². The second-order valence-corrected chi connectivity index (χ2v) is 6.46. The number of carbonyl (C=O) groups excluding carboxylic acids is 1. The van der Waals surface area contributed by atoms with Crippen molar-refractivity contribution in [3.05, 3.63) is 17.0 Å². The highest BCUT2D eigenvalue weighted by Gasteiger charge is 2.36. The van der Waals surface area contributed by atoms with Gasteiger partial charge in [-0.1, -0.05) is 0 Å². The van der Waals surface area contributed by atoms with Gasteiger partial charge in [-0.05, 0) is 32.9 Å². The number of amides is 1. The minimum Gasteiger partial charge on any atom is -0.338 e. The van der Waals surface area contributed by atoms with Gasteiger partial charge in [-0.3, -0.25) is 9.48 Å². The summed E-state index contributed by atoms with van der Waals surface area (Å²) < 4.78 is 1.42. The van der Waals surface area contributed by atoms with Gasteiger partial charge in [0.1, 0.15) is 4.75 Å². The third kappa shape index (κ3) is 2.42. The summed E-state index contributed by atoms with van der Waals surface area (Å²) in [6.07, 6.45) is 3.43. The molecule has 1 saturated heterocycles. The van der Waals surface area contributed by atoms with Crippen LogP contribution in [0, 0.1) is 25.2 Å². The van der Waals surface area contributed by atoms with Crippen LogP contribution in [0.2, 0.25) is 0 Å². The van der Waals surface area contributed by atoms with Crippen LogP contribution < -0.4 is 0 Å². The number of piperidine rings is 1. The van der Waals surface area contributed by atoms with Gasteiger partial charge < -0.3 is 4.90 Å². The highest BCUT2D eigenvalue weighted by molar-refractivity contribution is 8.00. The molecule has 0 aliphatic carbocycles. The van der Waals surface area contributed by atoms with Crippen molar-refractivity contribution < 1.29 is 4.79 Å². The second kappa shape index (κ2) is 5.49. The Morgan fingerprint density at radius 3 is 2.40 bits per heavy atom. The van der Waals surface area contributed by atoms with E-state index in [-0.39, 0.29) is 10.7 Å². The Labute approximate surface area is 123 Å². The van der Waals surface area contributed by atoms with E-state index in [1.165, 1.54) is 0 Å². The standard InChI is InChI=1S/C14H20N4OS/c1-10-12(11(2)17(3)16-10)13(19)18-7-5-14(9-15,20-4)6-8-18/h5-8H2,1-4H3. The normalized spacial score (nSPS) is 17.9. The molecule has 0 unspecified atom stereocenters. The minimum absolute atomic E-state index is 0.0424. The van der Waals surface area contributed by atoms with E-state index in [2.05, 4.69) is 11.2 Å². The zero-order valence-electron chi connectivity index (χ0n) is 12.4. The summed E-state index contributed by atoms with van der Waals surface area (Å²) in [6, 6.07) is 2.40. The number of nitrogens with zero attached hydrogens (tertiary/aromatic N) is 4. The number of aromatic nitrogens is 2. The Kier molecular flexibility index (Phi) is 4.09. The number of carbonyl (C=O) groups is 1. The molecular weight excluding hydrogens is 272 g/mol. The highest BCUT2D eigenvalue weighted by Crippen LogP contribution is 2.34. The first-order valence-electron chi connectivity index (χ1n) is 6.70. The first-order chi connectivity index (χ1) is 9.44. The van der Waals surface area contributed by atoms with Gasteiger partial charge in [0, 0.05) is 25.8 Å². The molecule has 108 valence electrons. The quantitative estimate of drug-likeness (QED) is 0.835. The van der Waals surface area contributed by atoms with Gasteiger partial charge in [-0.25, -0.2) is 0 Å². The van der Waals surface area contributed by atoms with Gasteiger partial charge in [-0.2, -0.15) is 10.4 Å².